The second-order valence-corrected chi connectivity index (χ2v) is 9.06. The van der Waals surface area contributed by atoms with E-state index in [9.17, 15) is 9.59 Å². The van der Waals surface area contributed by atoms with E-state index in [2.05, 4.69) is 15.0 Å². The molecule has 8 nitrogen and oxygen atoms in total. The van der Waals surface area contributed by atoms with Crippen LogP contribution in [0.15, 0.2) is 22.7 Å². The first kappa shape index (κ1) is 22.0. The molecule has 1 atom stereocenters. The Morgan fingerprint density at radius 3 is 2.61 bits per heavy atom. The summed E-state index contributed by atoms with van der Waals surface area (Å²) >= 11 is 12.2. The molecule has 0 radical (unpaired) electrons. The van der Waals surface area contributed by atoms with Crippen molar-refractivity contribution in [3.05, 3.63) is 34.1 Å². The van der Waals surface area contributed by atoms with Gasteiger partial charge in [0.15, 0.2) is 0 Å². The van der Waals surface area contributed by atoms with Gasteiger partial charge in [-0.15, -0.1) is 0 Å². The Kier molecular flexibility index (Phi) is 6.79. The standard InChI is InChI=1S/C21H25Cl2N5O3/c22-15-3-4-16(17(23)10-15)20-25-18(31-26-20)12-27-7-1-2-14(11-27)21(30)28-8-5-13(6-9-28)19(24)29/h3-4,10,13-14H,1-2,5-9,11-12H2,(H2,24,29). The summed E-state index contributed by atoms with van der Waals surface area (Å²) in [5.41, 5.74) is 6.05. The molecule has 2 fully saturated rings. The topological polar surface area (TPSA) is 106 Å². The SMILES string of the molecule is NC(=O)C1CCN(C(=O)C2CCCN(Cc3nc(-c4ccc(Cl)cc4Cl)no3)C2)CC1. The fourth-order valence-corrected chi connectivity index (χ4v) is 4.83. The molecular formula is C21H25Cl2N5O3. The number of aromatic nitrogens is 2. The van der Waals surface area contributed by atoms with Crippen molar-refractivity contribution in [1.29, 1.82) is 0 Å². The minimum absolute atomic E-state index is 0.0630. The smallest absolute Gasteiger partial charge is 0.241 e. The van der Waals surface area contributed by atoms with Gasteiger partial charge in [0.05, 0.1) is 17.5 Å². The average molecular weight is 466 g/mol. The third kappa shape index (κ3) is 5.19. The Hall–Kier alpha value is -2.16. The Balaban J connectivity index is 1.35. The molecule has 2 aromatic rings. The van der Waals surface area contributed by atoms with E-state index < -0.39 is 0 Å². The van der Waals surface area contributed by atoms with Gasteiger partial charge in [-0.2, -0.15) is 4.98 Å². The molecule has 2 aliphatic rings. The van der Waals surface area contributed by atoms with Crippen molar-refractivity contribution in [2.75, 3.05) is 26.2 Å². The van der Waals surface area contributed by atoms with Crippen LogP contribution in [-0.4, -0.2) is 57.9 Å². The van der Waals surface area contributed by atoms with Gasteiger partial charge in [-0.05, 0) is 50.4 Å². The van der Waals surface area contributed by atoms with Crippen molar-refractivity contribution in [3.8, 4) is 11.4 Å². The van der Waals surface area contributed by atoms with Crippen molar-refractivity contribution in [3.63, 3.8) is 0 Å². The lowest BCUT2D eigenvalue weighted by molar-refractivity contribution is -0.140. The minimum Gasteiger partial charge on any atom is -0.369 e. The van der Waals surface area contributed by atoms with Gasteiger partial charge in [0.2, 0.25) is 23.5 Å². The summed E-state index contributed by atoms with van der Waals surface area (Å²) in [5, 5.41) is 5.04. The summed E-state index contributed by atoms with van der Waals surface area (Å²) in [7, 11) is 0. The number of hydrogen-bond acceptors (Lipinski definition) is 6. The van der Waals surface area contributed by atoms with E-state index in [1.54, 1.807) is 18.2 Å². The Bertz CT molecular complexity index is 958. The maximum atomic E-state index is 13.0. The van der Waals surface area contributed by atoms with E-state index in [0.717, 1.165) is 19.4 Å². The first-order chi connectivity index (χ1) is 14.9. The van der Waals surface area contributed by atoms with Crippen molar-refractivity contribution in [2.45, 2.75) is 32.2 Å². The number of nitrogens with two attached hydrogens (primary N) is 1. The lowest BCUT2D eigenvalue weighted by Gasteiger charge is -2.37. The fourth-order valence-electron chi connectivity index (χ4n) is 4.33. The van der Waals surface area contributed by atoms with Crippen LogP contribution in [0.3, 0.4) is 0 Å². The second-order valence-electron chi connectivity index (χ2n) is 8.21. The van der Waals surface area contributed by atoms with Crippen molar-refractivity contribution in [1.82, 2.24) is 19.9 Å². The van der Waals surface area contributed by atoms with Crippen LogP contribution in [0, 0.1) is 11.8 Å². The van der Waals surface area contributed by atoms with Crippen LogP contribution in [0.5, 0.6) is 0 Å². The van der Waals surface area contributed by atoms with Crippen LogP contribution < -0.4 is 5.73 Å². The molecule has 3 heterocycles. The number of primary amides is 1. The number of hydrogen-bond donors (Lipinski definition) is 1. The van der Waals surface area contributed by atoms with Gasteiger partial charge in [0.1, 0.15) is 0 Å². The molecule has 0 aliphatic carbocycles. The van der Waals surface area contributed by atoms with Crippen LogP contribution in [0.4, 0.5) is 0 Å². The summed E-state index contributed by atoms with van der Waals surface area (Å²) in [5.74, 6) is 0.608. The molecule has 10 heteroatoms. The van der Waals surface area contributed by atoms with Crippen LogP contribution in [0.1, 0.15) is 31.6 Å². The Labute approximate surface area is 190 Å². The van der Waals surface area contributed by atoms with E-state index in [-0.39, 0.29) is 23.7 Å². The molecule has 1 aromatic heterocycles. The van der Waals surface area contributed by atoms with Crippen molar-refractivity contribution >= 4 is 35.0 Å². The molecule has 2 saturated heterocycles. The van der Waals surface area contributed by atoms with Crippen molar-refractivity contribution < 1.29 is 14.1 Å². The maximum absolute atomic E-state index is 13.0. The zero-order chi connectivity index (χ0) is 22.0. The lowest BCUT2D eigenvalue weighted by Crippen LogP contribution is -2.48. The highest BCUT2D eigenvalue weighted by Crippen LogP contribution is 2.29. The van der Waals surface area contributed by atoms with Crippen molar-refractivity contribution in [2.24, 2.45) is 17.6 Å². The molecule has 4 rings (SSSR count). The van der Waals surface area contributed by atoms with Crippen LogP contribution >= 0.6 is 23.2 Å². The summed E-state index contributed by atoms with van der Waals surface area (Å²) in [6.07, 6.45) is 3.09. The second kappa shape index (κ2) is 9.54. The minimum atomic E-state index is -0.269. The zero-order valence-electron chi connectivity index (χ0n) is 17.1. The lowest BCUT2D eigenvalue weighted by atomic mass is 9.92. The van der Waals surface area contributed by atoms with Crippen LogP contribution in [0.25, 0.3) is 11.4 Å². The van der Waals surface area contributed by atoms with E-state index in [1.807, 2.05) is 4.90 Å². The first-order valence-corrected chi connectivity index (χ1v) is 11.2. The van der Waals surface area contributed by atoms with Gasteiger partial charge in [-0.25, -0.2) is 0 Å². The maximum Gasteiger partial charge on any atom is 0.241 e. The fraction of sp³-hybridized carbons (Fsp3) is 0.524. The van der Waals surface area contributed by atoms with Gasteiger partial charge >= 0.3 is 0 Å². The molecule has 0 spiro atoms. The highest BCUT2D eigenvalue weighted by Gasteiger charge is 2.33. The average Bonchev–Trinajstić information content (AvgIpc) is 3.21. The molecule has 31 heavy (non-hydrogen) atoms. The number of rotatable bonds is 5. The van der Waals surface area contributed by atoms with E-state index in [4.69, 9.17) is 33.5 Å². The predicted octanol–water partition coefficient (Wildman–Crippen LogP) is 2.98. The van der Waals surface area contributed by atoms with Gasteiger partial charge in [0.25, 0.3) is 0 Å². The Morgan fingerprint density at radius 1 is 1.13 bits per heavy atom. The summed E-state index contributed by atoms with van der Waals surface area (Å²) in [4.78, 5) is 32.9. The summed E-state index contributed by atoms with van der Waals surface area (Å²) < 4.78 is 5.42. The highest BCUT2D eigenvalue weighted by atomic mass is 35.5. The van der Waals surface area contributed by atoms with Gasteiger partial charge in [-0.1, -0.05) is 28.4 Å². The molecule has 0 saturated carbocycles. The molecule has 1 unspecified atom stereocenters. The predicted molar refractivity (Wildman–Crippen MR) is 116 cm³/mol. The zero-order valence-corrected chi connectivity index (χ0v) is 18.6. The number of carbonyl (C=O) groups excluding carboxylic acids is 2. The van der Waals surface area contributed by atoms with E-state index >= 15 is 0 Å². The Morgan fingerprint density at radius 2 is 1.90 bits per heavy atom. The van der Waals surface area contributed by atoms with Gasteiger partial charge in [-0.3, -0.25) is 14.5 Å². The van der Waals surface area contributed by atoms with Crippen LogP contribution in [-0.2, 0) is 16.1 Å². The molecule has 1 aromatic carbocycles. The number of halogens is 2. The summed E-state index contributed by atoms with van der Waals surface area (Å²) in [6, 6.07) is 5.13. The van der Waals surface area contributed by atoms with Crippen LogP contribution in [0.2, 0.25) is 10.0 Å². The van der Waals surface area contributed by atoms with Gasteiger partial charge in [0, 0.05) is 36.1 Å². The normalized spacial score (nSPS) is 20.7. The van der Waals surface area contributed by atoms with E-state index in [1.165, 1.54) is 0 Å². The summed E-state index contributed by atoms with van der Waals surface area (Å²) in [6.45, 7) is 3.18. The quantitative estimate of drug-likeness (QED) is 0.727. The number of benzene rings is 1. The number of likely N-dealkylation sites (tertiary alicyclic amines) is 2. The molecule has 0 bridgehead atoms. The molecular weight excluding hydrogens is 441 g/mol. The first-order valence-electron chi connectivity index (χ1n) is 10.5. The number of nitrogens with zero attached hydrogens (tertiary/aromatic N) is 4. The third-order valence-corrected chi connectivity index (χ3v) is 6.61. The van der Waals surface area contributed by atoms with E-state index in [0.29, 0.717) is 66.3 Å². The third-order valence-electron chi connectivity index (χ3n) is 6.06. The number of carbonyl (C=O) groups is 2. The molecule has 166 valence electrons. The van der Waals surface area contributed by atoms with Gasteiger partial charge < -0.3 is 15.2 Å². The molecule has 2 aliphatic heterocycles. The number of piperidine rings is 2. The largest absolute Gasteiger partial charge is 0.369 e. The monoisotopic (exact) mass is 465 g/mol. The number of amides is 2. The highest BCUT2D eigenvalue weighted by molar-refractivity contribution is 6.36. The molecule has 2 N–H and O–H groups in total. The molecule has 2 amide bonds.